The lowest BCUT2D eigenvalue weighted by Crippen LogP contribution is -2.18. The second kappa shape index (κ2) is 7.10. The normalized spacial score (nSPS) is 16.1. The first-order chi connectivity index (χ1) is 9.28. The third kappa shape index (κ3) is 4.52. The molecule has 1 heterocycles. The van der Waals surface area contributed by atoms with Gasteiger partial charge in [-0.05, 0) is 50.1 Å². The molecule has 0 radical (unpaired) electrons. The van der Waals surface area contributed by atoms with Crippen molar-refractivity contribution in [3.63, 3.8) is 0 Å². The summed E-state index contributed by atoms with van der Waals surface area (Å²) in [5.74, 6) is -0.285. The lowest BCUT2D eigenvalue weighted by Gasteiger charge is -2.14. The fraction of sp³-hybridized carbons (Fsp3) is 0.438. The predicted octanol–water partition coefficient (Wildman–Crippen LogP) is 2.86. The van der Waals surface area contributed by atoms with Gasteiger partial charge in [-0.1, -0.05) is 24.3 Å². The van der Waals surface area contributed by atoms with Gasteiger partial charge in [-0.2, -0.15) is 0 Å². The highest BCUT2D eigenvalue weighted by Gasteiger charge is 2.11. The molecule has 19 heavy (non-hydrogen) atoms. The summed E-state index contributed by atoms with van der Waals surface area (Å²) in [5.41, 5.74) is 2.35. The number of hydrogen-bond donors (Lipinski definition) is 0. The number of likely N-dealkylation sites (tertiary alicyclic amines) is 1. The Hall–Kier alpha value is -1.61. The molecule has 102 valence electrons. The van der Waals surface area contributed by atoms with Crippen LogP contribution in [0.2, 0.25) is 0 Å². The maximum absolute atomic E-state index is 11.3. The largest absolute Gasteiger partial charge is 0.463 e. The van der Waals surface area contributed by atoms with Crippen molar-refractivity contribution in [3.05, 3.63) is 41.5 Å². The zero-order valence-electron chi connectivity index (χ0n) is 11.5. The molecular weight excluding hydrogens is 238 g/mol. The molecule has 1 aromatic rings. The van der Waals surface area contributed by atoms with E-state index in [0.717, 1.165) is 12.1 Å². The van der Waals surface area contributed by atoms with Crippen LogP contribution in [-0.4, -0.2) is 30.6 Å². The van der Waals surface area contributed by atoms with Gasteiger partial charge in [-0.15, -0.1) is 0 Å². The molecule has 0 atom stereocenters. The van der Waals surface area contributed by atoms with Gasteiger partial charge in [0.25, 0.3) is 0 Å². The van der Waals surface area contributed by atoms with Crippen LogP contribution in [-0.2, 0) is 16.1 Å². The van der Waals surface area contributed by atoms with E-state index in [0.29, 0.717) is 6.61 Å². The van der Waals surface area contributed by atoms with Crippen molar-refractivity contribution in [2.75, 3.05) is 19.7 Å². The minimum absolute atomic E-state index is 0.285. The molecule has 0 saturated carbocycles. The maximum atomic E-state index is 11.3. The molecule has 3 nitrogen and oxygen atoms in total. The summed E-state index contributed by atoms with van der Waals surface area (Å²) in [7, 11) is 0. The highest BCUT2D eigenvalue weighted by atomic mass is 16.5. The van der Waals surface area contributed by atoms with Gasteiger partial charge in [-0.3, -0.25) is 4.90 Å². The van der Waals surface area contributed by atoms with E-state index in [-0.39, 0.29) is 5.97 Å². The third-order valence-electron chi connectivity index (χ3n) is 3.25. The molecule has 2 rings (SSSR count). The van der Waals surface area contributed by atoms with Gasteiger partial charge in [0.2, 0.25) is 0 Å². The SMILES string of the molecule is CCOC(=O)C=Cc1cccc(CN2CCCC2)c1. The fourth-order valence-electron chi connectivity index (χ4n) is 2.35. The van der Waals surface area contributed by atoms with Gasteiger partial charge >= 0.3 is 5.97 Å². The summed E-state index contributed by atoms with van der Waals surface area (Å²) in [6.07, 6.45) is 5.91. The van der Waals surface area contributed by atoms with E-state index in [4.69, 9.17) is 4.74 Å². The number of carbonyl (C=O) groups is 1. The predicted molar refractivity (Wildman–Crippen MR) is 76.6 cm³/mol. The summed E-state index contributed by atoms with van der Waals surface area (Å²) < 4.78 is 4.87. The number of rotatable bonds is 5. The van der Waals surface area contributed by atoms with E-state index in [9.17, 15) is 4.79 Å². The van der Waals surface area contributed by atoms with E-state index >= 15 is 0 Å². The lowest BCUT2D eigenvalue weighted by molar-refractivity contribution is -0.137. The number of hydrogen-bond acceptors (Lipinski definition) is 3. The third-order valence-corrected chi connectivity index (χ3v) is 3.25. The molecule has 1 saturated heterocycles. The van der Waals surface area contributed by atoms with Crippen molar-refractivity contribution in [2.24, 2.45) is 0 Å². The maximum Gasteiger partial charge on any atom is 0.330 e. The van der Waals surface area contributed by atoms with Gasteiger partial charge in [0.15, 0.2) is 0 Å². The van der Waals surface area contributed by atoms with Crippen LogP contribution in [0.15, 0.2) is 30.3 Å². The van der Waals surface area contributed by atoms with Crippen molar-refractivity contribution in [1.29, 1.82) is 0 Å². The molecule has 0 N–H and O–H groups in total. The zero-order valence-corrected chi connectivity index (χ0v) is 11.5. The second-order valence-corrected chi connectivity index (χ2v) is 4.81. The van der Waals surface area contributed by atoms with Crippen LogP contribution in [0, 0.1) is 0 Å². The van der Waals surface area contributed by atoms with Crippen molar-refractivity contribution in [2.45, 2.75) is 26.3 Å². The molecular formula is C16H21NO2. The molecule has 0 amide bonds. The molecule has 0 spiro atoms. The molecule has 0 aromatic heterocycles. The summed E-state index contributed by atoms with van der Waals surface area (Å²) in [6, 6.07) is 8.31. The second-order valence-electron chi connectivity index (χ2n) is 4.81. The average molecular weight is 259 g/mol. The fourth-order valence-corrected chi connectivity index (χ4v) is 2.35. The Bertz CT molecular complexity index is 448. The molecule has 1 aromatic carbocycles. The smallest absolute Gasteiger partial charge is 0.330 e. The average Bonchev–Trinajstić information content (AvgIpc) is 2.90. The highest BCUT2D eigenvalue weighted by molar-refractivity contribution is 5.87. The Labute approximate surface area is 114 Å². The van der Waals surface area contributed by atoms with Gasteiger partial charge in [0, 0.05) is 12.6 Å². The minimum Gasteiger partial charge on any atom is -0.463 e. The van der Waals surface area contributed by atoms with E-state index in [2.05, 4.69) is 17.0 Å². The van der Waals surface area contributed by atoms with Gasteiger partial charge in [-0.25, -0.2) is 4.79 Å². The van der Waals surface area contributed by atoms with Crippen LogP contribution in [0.25, 0.3) is 6.08 Å². The monoisotopic (exact) mass is 259 g/mol. The molecule has 0 aliphatic carbocycles. The molecule has 1 fully saturated rings. The number of benzene rings is 1. The lowest BCUT2D eigenvalue weighted by atomic mass is 10.1. The summed E-state index contributed by atoms with van der Waals surface area (Å²) in [6.45, 7) is 5.62. The standard InChI is InChI=1S/C16H21NO2/c1-2-19-16(18)9-8-14-6-5-7-15(12-14)13-17-10-3-4-11-17/h5-9,12H,2-4,10-11,13H2,1H3. The number of esters is 1. The first-order valence-electron chi connectivity index (χ1n) is 6.94. The highest BCUT2D eigenvalue weighted by Crippen LogP contribution is 2.14. The van der Waals surface area contributed by atoms with Crippen molar-refractivity contribution in [3.8, 4) is 0 Å². The van der Waals surface area contributed by atoms with Crippen molar-refractivity contribution < 1.29 is 9.53 Å². The van der Waals surface area contributed by atoms with Crippen LogP contribution in [0.4, 0.5) is 0 Å². The van der Waals surface area contributed by atoms with Gasteiger partial charge < -0.3 is 4.74 Å². The summed E-state index contributed by atoms with van der Waals surface area (Å²) >= 11 is 0. The molecule has 1 aliphatic rings. The van der Waals surface area contributed by atoms with Gasteiger partial charge in [0.1, 0.15) is 0 Å². The first-order valence-corrected chi connectivity index (χ1v) is 6.94. The minimum atomic E-state index is -0.285. The van der Waals surface area contributed by atoms with E-state index in [1.54, 1.807) is 0 Å². The van der Waals surface area contributed by atoms with Crippen molar-refractivity contribution >= 4 is 12.0 Å². The number of carbonyl (C=O) groups excluding carboxylic acids is 1. The Morgan fingerprint density at radius 3 is 2.89 bits per heavy atom. The topological polar surface area (TPSA) is 29.5 Å². The quantitative estimate of drug-likeness (QED) is 0.601. The van der Waals surface area contributed by atoms with Crippen LogP contribution >= 0.6 is 0 Å². The Kier molecular flexibility index (Phi) is 5.16. The number of nitrogens with zero attached hydrogens (tertiary/aromatic N) is 1. The Balaban J connectivity index is 1.96. The van der Waals surface area contributed by atoms with Gasteiger partial charge in [0.05, 0.1) is 6.61 Å². The molecule has 1 aliphatic heterocycles. The summed E-state index contributed by atoms with van der Waals surface area (Å²) in [4.78, 5) is 13.7. The number of ether oxygens (including phenoxy) is 1. The molecule has 3 heteroatoms. The Morgan fingerprint density at radius 1 is 1.37 bits per heavy atom. The molecule has 0 unspecified atom stereocenters. The van der Waals surface area contributed by atoms with E-state index in [1.165, 1.54) is 37.6 Å². The molecule has 0 bridgehead atoms. The van der Waals surface area contributed by atoms with Crippen molar-refractivity contribution in [1.82, 2.24) is 4.90 Å². The van der Waals surface area contributed by atoms with Crippen LogP contribution in [0.5, 0.6) is 0 Å². The summed E-state index contributed by atoms with van der Waals surface area (Å²) in [5, 5.41) is 0. The van der Waals surface area contributed by atoms with Crippen LogP contribution < -0.4 is 0 Å². The zero-order chi connectivity index (χ0) is 13.5. The Morgan fingerprint density at radius 2 is 2.16 bits per heavy atom. The first kappa shape index (κ1) is 13.8. The van der Waals surface area contributed by atoms with Crippen LogP contribution in [0.3, 0.4) is 0 Å². The van der Waals surface area contributed by atoms with Crippen LogP contribution in [0.1, 0.15) is 30.9 Å². The van der Waals surface area contributed by atoms with E-state index < -0.39 is 0 Å². The van der Waals surface area contributed by atoms with E-state index in [1.807, 2.05) is 25.1 Å².